The fourth-order valence-electron chi connectivity index (χ4n) is 3.89. The largest absolute Gasteiger partial charge is 0.695 e. The highest BCUT2D eigenvalue weighted by Gasteiger charge is 2.37. The minimum Gasteiger partial charge on any atom is -0.351 e. The van der Waals surface area contributed by atoms with Crippen LogP contribution in [0.5, 0.6) is 0 Å². The summed E-state index contributed by atoms with van der Waals surface area (Å²) in [6.45, 7) is 9.57. The molecule has 31 heavy (non-hydrogen) atoms. The van der Waals surface area contributed by atoms with E-state index in [1.165, 1.54) is 38.5 Å². The predicted molar refractivity (Wildman–Crippen MR) is 131 cm³/mol. The second kappa shape index (κ2) is 17.5. The Morgan fingerprint density at radius 2 is 1.45 bits per heavy atom. The Morgan fingerprint density at radius 3 is 2.03 bits per heavy atom. The molecule has 0 aliphatic carbocycles. The molecule has 0 saturated carbocycles. The summed E-state index contributed by atoms with van der Waals surface area (Å²) in [5.41, 5.74) is -1.28. The Bertz CT molecular complexity index is 556. The number of nitrogens with one attached hydrogen (secondary N) is 1. The summed E-state index contributed by atoms with van der Waals surface area (Å²) in [6, 6.07) is 0. The molecule has 5 nitrogen and oxygen atoms in total. The molecule has 0 bridgehead atoms. The SMILES string of the molecule is CCCCC/C=C\C/C=C\CCCCCCCC(=O)NC(C)(C)CC(C)(C)O[P+](=O)O. The Kier molecular flexibility index (Phi) is 16.9. The number of carbonyl (C=O) groups is 1. The van der Waals surface area contributed by atoms with E-state index in [9.17, 15) is 9.36 Å². The molecule has 6 heteroatoms. The first-order chi connectivity index (χ1) is 14.6. The molecule has 0 aromatic rings. The van der Waals surface area contributed by atoms with Gasteiger partial charge in [-0.05, 0) is 66.2 Å². The molecule has 0 saturated heterocycles. The average Bonchev–Trinajstić information content (AvgIpc) is 2.62. The fraction of sp³-hybridized carbons (Fsp3) is 0.800. The van der Waals surface area contributed by atoms with Gasteiger partial charge in [0.05, 0.1) is 0 Å². The average molecular weight is 457 g/mol. The van der Waals surface area contributed by atoms with Crippen LogP contribution in [0.1, 0.15) is 118 Å². The molecule has 0 radical (unpaired) electrons. The highest BCUT2D eigenvalue weighted by Crippen LogP contribution is 2.32. The minimum atomic E-state index is -2.66. The first-order valence-electron chi connectivity index (χ1n) is 12.0. The van der Waals surface area contributed by atoms with Gasteiger partial charge in [-0.3, -0.25) is 4.79 Å². The molecule has 0 spiro atoms. The summed E-state index contributed by atoms with van der Waals surface area (Å²) in [5, 5.41) is 3.03. The van der Waals surface area contributed by atoms with E-state index in [1.54, 1.807) is 13.8 Å². The number of carbonyl (C=O) groups excluding carboxylic acids is 1. The molecular weight excluding hydrogens is 409 g/mol. The van der Waals surface area contributed by atoms with Gasteiger partial charge < -0.3 is 5.32 Å². The van der Waals surface area contributed by atoms with Gasteiger partial charge in [-0.2, -0.15) is 0 Å². The molecular formula is C25H47NO4P+. The second-order valence-corrected chi connectivity index (χ2v) is 10.3. The third kappa shape index (κ3) is 20.6. The Labute approximate surface area is 192 Å². The van der Waals surface area contributed by atoms with E-state index < -0.39 is 19.4 Å². The van der Waals surface area contributed by atoms with E-state index >= 15 is 0 Å². The first-order valence-corrected chi connectivity index (χ1v) is 13.2. The predicted octanol–water partition coefficient (Wildman–Crippen LogP) is 7.53. The lowest BCUT2D eigenvalue weighted by Crippen LogP contribution is -2.48. The van der Waals surface area contributed by atoms with Gasteiger partial charge in [-0.25, -0.2) is 0 Å². The van der Waals surface area contributed by atoms with Crippen molar-refractivity contribution in [2.75, 3.05) is 0 Å². The summed E-state index contributed by atoms with van der Waals surface area (Å²) < 4.78 is 16.0. The summed E-state index contributed by atoms with van der Waals surface area (Å²) in [4.78, 5) is 21.2. The highest BCUT2D eigenvalue weighted by atomic mass is 31.1. The number of allylic oxidation sites excluding steroid dienone is 4. The smallest absolute Gasteiger partial charge is 0.351 e. The molecule has 0 fully saturated rings. The van der Waals surface area contributed by atoms with Crippen LogP contribution in [0.25, 0.3) is 0 Å². The van der Waals surface area contributed by atoms with Crippen LogP contribution in [-0.2, 0) is 13.9 Å². The van der Waals surface area contributed by atoms with Gasteiger partial charge in [0.2, 0.25) is 5.91 Å². The van der Waals surface area contributed by atoms with E-state index in [0.717, 1.165) is 32.1 Å². The number of amides is 1. The molecule has 0 aromatic heterocycles. The topological polar surface area (TPSA) is 75.6 Å². The van der Waals surface area contributed by atoms with Crippen LogP contribution in [0.4, 0.5) is 0 Å². The van der Waals surface area contributed by atoms with E-state index in [-0.39, 0.29) is 5.91 Å². The summed E-state index contributed by atoms with van der Waals surface area (Å²) >= 11 is 0. The maximum Gasteiger partial charge on any atom is 0.695 e. The van der Waals surface area contributed by atoms with Crippen LogP contribution >= 0.6 is 8.25 Å². The molecule has 0 aliphatic heterocycles. The molecule has 1 amide bonds. The van der Waals surface area contributed by atoms with Gasteiger partial charge in [0.25, 0.3) is 0 Å². The molecule has 0 aromatic carbocycles. The van der Waals surface area contributed by atoms with Crippen molar-refractivity contribution in [1.29, 1.82) is 0 Å². The lowest BCUT2D eigenvalue weighted by Gasteiger charge is -2.32. The Hall–Kier alpha value is -1.03. The van der Waals surface area contributed by atoms with E-state index in [1.807, 2.05) is 13.8 Å². The van der Waals surface area contributed by atoms with Gasteiger partial charge in [0.15, 0.2) is 0 Å². The van der Waals surface area contributed by atoms with E-state index in [2.05, 4.69) is 36.5 Å². The van der Waals surface area contributed by atoms with Gasteiger partial charge in [0.1, 0.15) is 5.60 Å². The van der Waals surface area contributed by atoms with E-state index in [4.69, 9.17) is 9.42 Å². The lowest BCUT2D eigenvalue weighted by atomic mass is 9.89. The molecule has 2 N–H and O–H groups in total. The first kappa shape index (κ1) is 30.0. The van der Waals surface area contributed by atoms with Crippen molar-refractivity contribution in [2.45, 2.75) is 129 Å². The van der Waals surface area contributed by atoms with Crippen molar-refractivity contribution in [3.8, 4) is 0 Å². The second-order valence-electron chi connectivity index (χ2n) is 9.68. The van der Waals surface area contributed by atoms with E-state index in [0.29, 0.717) is 12.8 Å². The number of hydrogen-bond donors (Lipinski definition) is 2. The number of hydrogen-bond acceptors (Lipinski definition) is 3. The van der Waals surface area contributed by atoms with Crippen molar-refractivity contribution in [3.63, 3.8) is 0 Å². The Morgan fingerprint density at radius 1 is 0.903 bits per heavy atom. The van der Waals surface area contributed by atoms with Crippen LogP contribution in [0.2, 0.25) is 0 Å². The number of unbranched alkanes of at least 4 members (excludes halogenated alkanes) is 8. The molecule has 0 rings (SSSR count). The quantitative estimate of drug-likeness (QED) is 0.120. The van der Waals surface area contributed by atoms with Crippen LogP contribution in [0.15, 0.2) is 24.3 Å². The summed E-state index contributed by atoms with van der Waals surface area (Å²) in [5.74, 6) is 0.0277. The zero-order valence-electron chi connectivity index (χ0n) is 20.6. The van der Waals surface area contributed by atoms with Crippen molar-refractivity contribution >= 4 is 14.2 Å². The molecule has 1 atom stereocenters. The number of rotatable bonds is 19. The summed E-state index contributed by atoms with van der Waals surface area (Å²) in [7, 11) is -2.66. The molecule has 1 unspecified atom stereocenters. The monoisotopic (exact) mass is 456 g/mol. The van der Waals surface area contributed by atoms with Gasteiger partial charge >= 0.3 is 8.25 Å². The van der Waals surface area contributed by atoms with Crippen molar-refractivity contribution in [2.24, 2.45) is 0 Å². The van der Waals surface area contributed by atoms with Crippen LogP contribution in [0.3, 0.4) is 0 Å². The van der Waals surface area contributed by atoms with Gasteiger partial charge in [0, 0.05) is 22.9 Å². The summed E-state index contributed by atoms with van der Waals surface area (Å²) in [6.07, 6.45) is 22.9. The lowest BCUT2D eigenvalue weighted by molar-refractivity contribution is -0.123. The zero-order chi connectivity index (χ0) is 23.6. The normalized spacial score (nSPS) is 13.3. The maximum absolute atomic E-state index is 12.2. The van der Waals surface area contributed by atoms with Crippen LogP contribution < -0.4 is 5.32 Å². The molecule has 0 aliphatic rings. The van der Waals surface area contributed by atoms with Crippen molar-refractivity contribution in [1.82, 2.24) is 5.32 Å². The molecule has 0 heterocycles. The Balaban J connectivity index is 3.75. The third-order valence-corrected chi connectivity index (χ3v) is 5.68. The van der Waals surface area contributed by atoms with Crippen molar-refractivity contribution < 1.29 is 18.8 Å². The highest BCUT2D eigenvalue weighted by molar-refractivity contribution is 7.32. The van der Waals surface area contributed by atoms with Gasteiger partial charge in [-0.1, -0.05) is 63.3 Å². The minimum absolute atomic E-state index is 0.0277. The maximum atomic E-state index is 12.2. The van der Waals surface area contributed by atoms with Crippen LogP contribution in [-0.4, -0.2) is 21.9 Å². The van der Waals surface area contributed by atoms with Crippen LogP contribution in [0, 0.1) is 0 Å². The van der Waals surface area contributed by atoms with Crippen molar-refractivity contribution in [3.05, 3.63) is 24.3 Å². The van der Waals surface area contributed by atoms with Gasteiger partial charge in [-0.15, -0.1) is 9.42 Å². The standard InChI is InChI=1S/C25H46NO4P/c1-6-7-8-9-10-11-12-13-14-15-16-17-18-19-20-21-23(27)26-24(2,3)22-25(4,5)30-31(28)29/h10-11,13-14H,6-9,12,15-22H2,1-5H3,(H-,26,27,28,29)/p+1/b11-10-,14-13-. The molecule has 180 valence electrons. The fourth-order valence-corrected chi connectivity index (χ4v) is 4.38. The third-order valence-electron chi connectivity index (χ3n) is 5.03. The zero-order valence-corrected chi connectivity index (χ0v) is 21.5.